The van der Waals surface area contributed by atoms with Crippen molar-refractivity contribution in [1.82, 2.24) is 9.29 Å². The number of aliphatic hydroxyl groups is 1. The molecule has 1 heterocycles. The fourth-order valence-electron chi connectivity index (χ4n) is 1.49. The van der Waals surface area contributed by atoms with Gasteiger partial charge in [-0.15, -0.1) is 0 Å². The number of anilines is 1. The molecule has 1 rings (SSSR count). The van der Waals surface area contributed by atoms with Gasteiger partial charge in [-0.2, -0.15) is 4.31 Å². The normalized spacial score (nSPS) is 11.8. The molecule has 7 heteroatoms. The summed E-state index contributed by atoms with van der Waals surface area (Å²) in [6.07, 6.45) is 2.83. The van der Waals surface area contributed by atoms with Gasteiger partial charge >= 0.3 is 0 Å². The van der Waals surface area contributed by atoms with Crippen molar-refractivity contribution in [1.29, 1.82) is 0 Å². The summed E-state index contributed by atoms with van der Waals surface area (Å²) < 4.78 is 25.7. The molecule has 0 radical (unpaired) electrons. The van der Waals surface area contributed by atoms with Crippen molar-refractivity contribution in [3.8, 4) is 0 Å². The summed E-state index contributed by atoms with van der Waals surface area (Å²) in [5, 5.41) is 11.7. The van der Waals surface area contributed by atoms with Crippen molar-refractivity contribution >= 4 is 15.7 Å². The van der Waals surface area contributed by atoms with Crippen molar-refractivity contribution in [2.24, 2.45) is 0 Å². The molecule has 0 fully saturated rings. The number of nitrogens with zero attached hydrogens (tertiary/aromatic N) is 2. The highest BCUT2D eigenvalue weighted by atomic mass is 32.2. The molecule has 0 bridgehead atoms. The minimum atomic E-state index is -3.61. The number of nitrogens with one attached hydrogen (secondary N) is 1. The molecule has 0 atom stereocenters. The first-order valence-corrected chi connectivity index (χ1v) is 6.74. The van der Waals surface area contributed by atoms with Gasteiger partial charge in [-0.05, 0) is 6.07 Å². The first-order chi connectivity index (χ1) is 8.07. The molecule has 2 N–H and O–H groups in total. The Kier molecular flexibility index (Phi) is 4.86. The Balaban J connectivity index is 3.20. The highest BCUT2D eigenvalue weighted by Gasteiger charge is 2.25. The van der Waals surface area contributed by atoms with Crippen LogP contribution in [0.3, 0.4) is 0 Å². The maximum Gasteiger partial charge on any atom is 0.246 e. The highest BCUT2D eigenvalue weighted by Crippen LogP contribution is 2.22. The molecule has 0 aliphatic rings. The second-order valence-electron chi connectivity index (χ2n) is 3.34. The molecule has 6 nitrogen and oxygen atoms in total. The fraction of sp³-hybridized carbons (Fsp3) is 0.500. The SMILES string of the molecule is CCN(CCO)S(=O)(=O)c1cnccc1NC. The summed E-state index contributed by atoms with van der Waals surface area (Å²) in [5.74, 6) is 0. The van der Waals surface area contributed by atoms with Crippen molar-refractivity contribution in [2.75, 3.05) is 32.1 Å². The predicted octanol–water partition coefficient (Wildman–Crippen LogP) is 0.126. The van der Waals surface area contributed by atoms with Crippen LogP contribution in [-0.2, 0) is 10.0 Å². The number of aliphatic hydroxyl groups excluding tert-OH is 1. The molecule has 0 aliphatic carbocycles. The zero-order chi connectivity index (χ0) is 12.9. The van der Waals surface area contributed by atoms with E-state index in [0.717, 1.165) is 0 Å². The Morgan fingerprint density at radius 3 is 2.76 bits per heavy atom. The quantitative estimate of drug-likeness (QED) is 0.758. The number of likely N-dealkylation sites (N-methyl/N-ethyl adjacent to an activating group) is 1. The summed E-state index contributed by atoms with van der Waals surface area (Å²) in [6, 6.07) is 1.60. The van der Waals surface area contributed by atoms with Crippen LogP contribution in [0.1, 0.15) is 6.92 Å². The minimum Gasteiger partial charge on any atom is -0.395 e. The van der Waals surface area contributed by atoms with Crippen LogP contribution in [0.2, 0.25) is 0 Å². The molecule has 96 valence electrons. The summed E-state index contributed by atoms with van der Waals surface area (Å²) in [4.78, 5) is 3.95. The maximum absolute atomic E-state index is 12.3. The Morgan fingerprint density at radius 1 is 1.53 bits per heavy atom. The molecule has 0 spiro atoms. The molecular weight excluding hydrogens is 242 g/mol. The van der Waals surface area contributed by atoms with Gasteiger partial charge in [-0.25, -0.2) is 8.42 Å². The van der Waals surface area contributed by atoms with Crippen LogP contribution in [0, 0.1) is 0 Å². The van der Waals surface area contributed by atoms with Gasteiger partial charge in [-0.3, -0.25) is 4.98 Å². The zero-order valence-electron chi connectivity index (χ0n) is 9.92. The first kappa shape index (κ1) is 13.9. The van der Waals surface area contributed by atoms with Crippen molar-refractivity contribution in [3.05, 3.63) is 18.5 Å². The van der Waals surface area contributed by atoms with E-state index in [1.54, 1.807) is 20.0 Å². The van der Waals surface area contributed by atoms with Crippen LogP contribution in [0.25, 0.3) is 0 Å². The van der Waals surface area contributed by atoms with Crippen molar-refractivity contribution in [3.63, 3.8) is 0 Å². The molecule has 0 unspecified atom stereocenters. The zero-order valence-corrected chi connectivity index (χ0v) is 10.7. The van der Waals surface area contributed by atoms with Gasteiger partial charge in [0.2, 0.25) is 10.0 Å². The second kappa shape index (κ2) is 5.95. The summed E-state index contributed by atoms with van der Waals surface area (Å²) >= 11 is 0. The molecular formula is C10H17N3O3S. The summed E-state index contributed by atoms with van der Waals surface area (Å²) in [6.45, 7) is 1.91. The van der Waals surface area contributed by atoms with Crippen molar-refractivity contribution in [2.45, 2.75) is 11.8 Å². The monoisotopic (exact) mass is 259 g/mol. The van der Waals surface area contributed by atoms with Gasteiger partial charge in [0.15, 0.2) is 0 Å². The first-order valence-electron chi connectivity index (χ1n) is 5.30. The van der Waals surface area contributed by atoms with E-state index < -0.39 is 10.0 Å². The molecule has 0 saturated heterocycles. The van der Waals surface area contributed by atoms with E-state index in [9.17, 15) is 8.42 Å². The Labute approximate surface area is 101 Å². The number of hydrogen-bond acceptors (Lipinski definition) is 5. The maximum atomic E-state index is 12.3. The molecule has 17 heavy (non-hydrogen) atoms. The van der Waals surface area contributed by atoms with E-state index in [0.29, 0.717) is 12.2 Å². The molecule has 0 aliphatic heterocycles. The van der Waals surface area contributed by atoms with Gasteiger partial charge in [0.25, 0.3) is 0 Å². The highest BCUT2D eigenvalue weighted by molar-refractivity contribution is 7.89. The second-order valence-corrected chi connectivity index (χ2v) is 5.25. The van der Waals surface area contributed by atoms with E-state index in [2.05, 4.69) is 10.3 Å². The standard InChI is InChI=1S/C10H17N3O3S/c1-3-13(6-7-14)17(15,16)10-8-12-5-4-9(10)11-2/h4-5,8,14H,3,6-7H2,1-2H3,(H,11,12). The topological polar surface area (TPSA) is 82.5 Å². The van der Waals surface area contributed by atoms with Gasteiger partial charge in [-0.1, -0.05) is 6.92 Å². The smallest absolute Gasteiger partial charge is 0.246 e. The molecule has 0 aromatic carbocycles. The van der Waals surface area contributed by atoms with Crippen LogP contribution in [0.5, 0.6) is 0 Å². The lowest BCUT2D eigenvalue weighted by Crippen LogP contribution is -2.33. The van der Waals surface area contributed by atoms with Gasteiger partial charge in [0.1, 0.15) is 4.90 Å². The largest absolute Gasteiger partial charge is 0.395 e. The van der Waals surface area contributed by atoms with Crippen LogP contribution in [0.4, 0.5) is 5.69 Å². The predicted molar refractivity (Wildman–Crippen MR) is 65.3 cm³/mol. The van der Waals surface area contributed by atoms with Crippen LogP contribution in [0.15, 0.2) is 23.4 Å². The number of aromatic nitrogens is 1. The van der Waals surface area contributed by atoms with Crippen LogP contribution in [-0.4, -0.2) is 49.6 Å². The van der Waals surface area contributed by atoms with E-state index in [1.807, 2.05) is 0 Å². The van der Waals surface area contributed by atoms with E-state index in [-0.39, 0.29) is 18.0 Å². The lowest BCUT2D eigenvalue weighted by Gasteiger charge is -2.20. The van der Waals surface area contributed by atoms with Crippen molar-refractivity contribution < 1.29 is 13.5 Å². The Hall–Kier alpha value is -1.18. The number of hydrogen-bond donors (Lipinski definition) is 2. The summed E-state index contributed by atoms with van der Waals surface area (Å²) in [7, 11) is -1.96. The van der Waals surface area contributed by atoms with Crippen LogP contribution >= 0.6 is 0 Å². The number of pyridine rings is 1. The molecule has 0 amide bonds. The minimum absolute atomic E-state index is 0.0802. The summed E-state index contributed by atoms with van der Waals surface area (Å²) in [5.41, 5.74) is 0.497. The lowest BCUT2D eigenvalue weighted by molar-refractivity contribution is 0.257. The van der Waals surface area contributed by atoms with Gasteiger partial charge in [0, 0.05) is 32.5 Å². The Morgan fingerprint density at radius 2 is 2.24 bits per heavy atom. The van der Waals surface area contributed by atoms with E-state index in [1.165, 1.54) is 16.7 Å². The Bertz CT molecular complexity index is 462. The third-order valence-corrected chi connectivity index (χ3v) is 4.38. The molecule has 1 aromatic rings. The third-order valence-electron chi connectivity index (χ3n) is 2.37. The number of rotatable bonds is 6. The fourth-order valence-corrected chi connectivity index (χ4v) is 3.07. The third kappa shape index (κ3) is 2.93. The average molecular weight is 259 g/mol. The average Bonchev–Trinajstić information content (AvgIpc) is 2.35. The van der Waals surface area contributed by atoms with Gasteiger partial charge in [0.05, 0.1) is 12.3 Å². The van der Waals surface area contributed by atoms with E-state index >= 15 is 0 Å². The van der Waals surface area contributed by atoms with Gasteiger partial charge < -0.3 is 10.4 Å². The molecule has 0 saturated carbocycles. The lowest BCUT2D eigenvalue weighted by atomic mass is 10.4. The van der Waals surface area contributed by atoms with E-state index in [4.69, 9.17) is 5.11 Å². The molecule has 1 aromatic heterocycles. The number of sulfonamides is 1. The van der Waals surface area contributed by atoms with Crippen LogP contribution < -0.4 is 5.32 Å².